The SMILES string of the molecule is CC.CC(C)(C)OC(=O)N1CCN(Cc2c3c(nc4ccc5ccccc5c24)-c2cc4c(c(=O)n2C3)COC(=O)C4O)CC12CC2.[HH]. The third-order valence-electron chi connectivity index (χ3n) is 9.51. The van der Waals surface area contributed by atoms with Gasteiger partial charge in [-0.1, -0.05) is 44.2 Å². The van der Waals surface area contributed by atoms with Gasteiger partial charge in [-0.05, 0) is 62.1 Å². The van der Waals surface area contributed by atoms with Crippen LogP contribution in [0.25, 0.3) is 33.1 Å². The van der Waals surface area contributed by atoms with E-state index in [-0.39, 0.29) is 25.2 Å². The summed E-state index contributed by atoms with van der Waals surface area (Å²) < 4.78 is 12.5. The number of rotatable bonds is 2. The molecule has 1 saturated heterocycles. The van der Waals surface area contributed by atoms with Crippen molar-refractivity contribution in [2.75, 3.05) is 19.6 Å². The van der Waals surface area contributed by atoms with Crippen LogP contribution < -0.4 is 5.56 Å². The molecule has 46 heavy (non-hydrogen) atoms. The molecule has 10 heteroatoms. The zero-order valence-electron chi connectivity index (χ0n) is 27.1. The molecule has 4 aliphatic rings. The lowest BCUT2D eigenvalue weighted by atomic mass is 9.94. The van der Waals surface area contributed by atoms with Crippen molar-refractivity contribution < 1.29 is 25.6 Å². The van der Waals surface area contributed by atoms with Gasteiger partial charge < -0.3 is 19.1 Å². The first-order valence-electron chi connectivity index (χ1n) is 16.2. The van der Waals surface area contributed by atoms with Gasteiger partial charge in [-0.3, -0.25) is 14.6 Å². The Kier molecular flexibility index (Phi) is 7.21. The van der Waals surface area contributed by atoms with Gasteiger partial charge in [-0.15, -0.1) is 0 Å². The Morgan fingerprint density at radius 3 is 2.61 bits per heavy atom. The largest absolute Gasteiger partial charge is 0.458 e. The number of ether oxygens (including phenoxy) is 2. The van der Waals surface area contributed by atoms with Crippen LogP contribution in [0.2, 0.25) is 0 Å². The van der Waals surface area contributed by atoms with Gasteiger partial charge in [0.05, 0.1) is 34.6 Å². The van der Waals surface area contributed by atoms with Crippen LogP contribution in [0.3, 0.4) is 0 Å². The molecule has 1 atom stereocenters. The van der Waals surface area contributed by atoms with Crippen LogP contribution in [-0.4, -0.2) is 67.3 Å². The lowest BCUT2D eigenvalue weighted by molar-refractivity contribution is -0.157. The van der Waals surface area contributed by atoms with E-state index in [1.807, 2.05) is 57.7 Å². The molecule has 4 aromatic rings. The van der Waals surface area contributed by atoms with Gasteiger partial charge in [0.1, 0.15) is 12.2 Å². The third-order valence-corrected chi connectivity index (χ3v) is 9.51. The van der Waals surface area contributed by atoms with Crippen LogP contribution in [0.4, 0.5) is 4.79 Å². The molecule has 1 aliphatic carbocycles. The van der Waals surface area contributed by atoms with Gasteiger partial charge in [0.15, 0.2) is 6.10 Å². The van der Waals surface area contributed by atoms with Crippen molar-refractivity contribution in [1.29, 1.82) is 0 Å². The van der Waals surface area contributed by atoms with Crippen LogP contribution >= 0.6 is 0 Å². The minimum Gasteiger partial charge on any atom is -0.458 e. The number of piperazine rings is 1. The van der Waals surface area contributed by atoms with E-state index in [4.69, 9.17) is 14.5 Å². The molecule has 10 nitrogen and oxygen atoms in total. The minimum atomic E-state index is -1.50. The number of nitrogens with zero attached hydrogens (tertiary/aromatic N) is 4. The topological polar surface area (TPSA) is 114 Å². The molecular weight excluding hydrogens is 584 g/mol. The van der Waals surface area contributed by atoms with Gasteiger partial charge in [-0.25, -0.2) is 14.6 Å². The Morgan fingerprint density at radius 2 is 1.87 bits per heavy atom. The minimum absolute atomic E-state index is 0. The second kappa shape index (κ2) is 10.9. The van der Waals surface area contributed by atoms with E-state index in [1.54, 1.807) is 10.6 Å². The van der Waals surface area contributed by atoms with E-state index in [9.17, 15) is 19.5 Å². The Labute approximate surface area is 269 Å². The predicted octanol–water partition coefficient (Wildman–Crippen LogP) is 5.53. The number of pyridine rings is 2. The van der Waals surface area contributed by atoms with Crippen LogP contribution in [0.15, 0.2) is 47.3 Å². The molecule has 2 aromatic heterocycles. The summed E-state index contributed by atoms with van der Waals surface area (Å²) >= 11 is 0. The van der Waals surface area contributed by atoms with Crippen molar-refractivity contribution in [1.82, 2.24) is 19.4 Å². The number of hydrogen-bond acceptors (Lipinski definition) is 8. The van der Waals surface area contributed by atoms with Gasteiger partial charge in [0.25, 0.3) is 5.56 Å². The summed E-state index contributed by atoms with van der Waals surface area (Å²) in [5.74, 6) is -0.752. The van der Waals surface area contributed by atoms with Gasteiger partial charge in [0.2, 0.25) is 0 Å². The first kappa shape index (κ1) is 30.4. The molecule has 1 amide bonds. The number of cyclic esters (lactones) is 1. The van der Waals surface area contributed by atoms with Gasteiger partial charge in [0, 0.05) is 44.1 Å². The van der Waals surface area contributed by atoms with Gasteiger partial charge in [-0.2, -0.15) is 0 Å². The van der Waals surface area contributed by atoms with E-state index >= 15 is 0 Å². The highest BCUT2D eigenvalue weighted by Gasteiger charge is 2.54. The summed E-state index contributed by atoms with van der Waals surface area (Å²) in [7, 11) is 0. The number of carbonyl (C=O) groups is 2. The molecular formula is C36H42N4O6. The average Bonchev–Trinajstić information content (AvgIpc) is 3.68. The molecule has 0 radical (unpaired) electrons. The smallest absolute Gasteiger partial charge is 0.410 e. The van der Waals surface area contributed by atoms with Crippen molar-refractivity contribution in [3.8, 4) is 11.4 Å². The molecule has 0 bridgehead atoms. The lowest BCUT2D eigenvalue weighted by Crippen LogP contribution is -2.57. The van der Waals surface area contributed by atoms with E-state index in [0.29, 0.717) is 48.7 Å². The number of aliphatic hydroxyl groups is 1. The van der Waals surface area contributed by atoms with Gasteiger partial charge >= 0.3 is 12.1 Å². The maximum Gasteiger partial charge on any atom is 0.410 e. The number of fused-ring (bicyclic) bond motifs is 7. The second-order valence-electron chi connectivity index (χ2n) is 13.5. The predicted molar refractivity (Wildman–Crippen MR) is 176 cm³/mol. The molecule has 242 valence electrons. The highest BCUT2D eigenvalue weighted by Crippen LogP contribution is 2.46. The molecule has 8 rings (SSSR count). The molecule has 1 unspecified atom stereocenters. The van der Waals surface area contributed by atoms with Crippen molar-refractivity contribution in [3.63, 3.8) is 0 Å². The fourth-order valence-electron chi connectivity index (χ4n) is 7.26. The number of aromatic nitrogens is 2. The summed E-state index contributed by atoms with van der Waals surface area (Å²) in [5.41, 5.74) is 3.74. The quantitative estimate of drug-likeness (QED) is 0.201. The summed E-state index contributed by atoms with van der Waals surface area (Å²) in [4.78, 5) is 48.4. The van der Waals surface area contributed by atoms with E-state index in [2.05, 4.69) is 23.1 Å². The van der Waals surface area contributed by atoms with Crippen LogP contribution in [0.1, 0.15) is 77.2 Å². The Hall–Kier alpha value is -4.28. The zero-order valence-corrected chi connectivity index (χ0v) is 27.1. The van der Waals surface area contributed by atoms with Crippen LogP contribution in [0, 0.1) is 0 Å². The maximum absolute atomic E-state index is 13.7. The zero-order chi connectivity index (χ0) is 32.5. The number of carbonyl (C=O) groups excluding carboxylic acids is 2. The van der Waals surface area contributed by atoms with Crippen LogP contribution in [0.5, 0.6) is 0 Å². The highest BCUT2D eigenvalue weighted by atomic mass is 16.6. The number of amides is 1. The lowest BCUT2D eigenvalue weighted by Gasteiger charge is -2.42. The fraction of sp³-hybridized carbons (Fsp3) is 0.444. The monoisotopic (exact) mass is 626 g/mol. The molecule has 2 aromatic carbocycles. The van der Waals surface area contributed by atoms with Crippen LogP contribution in [-0.2, 0) is 34.0 Å². The highest BCUT2D eigenvalue weighted by molar-refractivity contribution is 6.09. The second-order valence-corrected chi connectivity index (χ2v) is 13.5. The number of benzene rings is 2. The molecule has 3 aliphatic heterocycles. The molecule has 2 fully saturated rings. The van der Waals surface area contributed by atoms with Crippen molar-refractivity contribution >= 4 is 33.7 Å². The Balaban J connectivity index is 0.00000126. The van der Waals surface area contributed by atoms with Crippen molar-refractivity contribution in [3.05, 3.63) is 75.1 Å². The van der Waals surface area contributed by atoms with E-state index in [1.165, 1.54) is 0 Å². The maximum atomic E-state index is 13.7. The standard InChI is InChI=1S/C34H34N4O6.C2H6.H2/c1-33(2,3)44-32(42)38-13-12-36(18-34(38)10-11-34)15-22-23-16-37-26(14-21-24(30(37)40)17-43-31(41)29(21)39)28(23)35-25-9-8-19-6-4-5-7-20(19)27(22)25;1-2;/h4-9,14,29,39H,10-13,15-18H2,1-3H3;1-2H3;1H. The summed E-state index contributed by atoms with van der Waals surface area (Å²) in [6.07, 6.45) is 0.132. The summed E-state index contributed by atoms with van der Waals surface area (Å²) in [6, 6.07) is 14.1. The number of esters is 1. The average molecular weight is 627 g/mol. The van der Waals surface area contributed by atoms with Crippen molar-refractivity contribution in [2.45, 2.75) is 84.4 Å². The molecule has 1 spiro atoms. The Bertz CT molecular complexity index is 1980. The number of aliphatic hydroxyl groups excluding tert-OH is 1. The Morgan fingerprint density at radius 1 is 1.11 bits per heavy atom. The normalized spacial score (nSPS) is 19.7. The fourth-order valence-corrected chi connectivity index (χ4v) is 7.26. The third kappa shape index (κ3) is 4.86. The summed E-state index contributed by atoms with van der Waals surface area (Å²) in [6.45, 7) is 12.5. The first-order valence-corrected chi connectivity index (χ1v) is 16.2. The molecule has 1 N–H and O–H groups in total. The van der Waals surface area contributed by atoms with Crippen molar-refractivity contribution in [2.24, 2.45) is 0 Å². The first-order chi connectivity index (χ1) is 22.0. The van der Waals surface area contributed by atoms with E-state index in [0.717, 1.165) is 52.2 Å². The number of hydrogen-bond donors (Lipinski definition) is 1. The molecule has 5 heterocycles. The summed E-state index contributed by atoms with van der Waals surface area (Å²) in [5, 5.41) is 13.9. The molecule has 1 saturated carbocycles. The van der Waals surface area contributed by atoms with E-state index < -0.39 is 17.7 Å².